The molecule has 0 rings (SSSR count). The molecule has 0 bridgehead atoms. The van der Waals surface area contributed by atoms with E-state index in [1.54, 1.807) is 16.7 Å². The van der Waals surface area contributed by atoms with E-state index in [9.17, 15) is 9.59 Å². The van der Waals surface area contributed by atoms with Gasteiger partial charge >= 0.3 is 6.09 Å². The topological polar surface area (TPSA) is 49.9 Å². The Hall–Kier alpha value is -1.26. The third-order valence-electron chi connectivity index (χ3n) is 3.92. The first kappa shape index (κ1) is 18.7. The van der Waals surface area contributed by atoms with E-state index in [1.165, 1.54) is 0 Å². The van der Waals surface area contributed by atoms with Crippen molar-refractivity contribution in [3.05, 3.63) is 0 Å². The monoisotopic (exact) mass is 286 g/mol. The molecule has 0 saturated heterocycles. The van der Waals surface area contributed by atoms with Crippen molar-refractivity contribution in [2.75, 3.05) is 26.2 Å². The van der Waals surface area contributed by atoms with Gasteiger partial charge in [0.15, 0.2) is 0 Å². The van der Waals surface area contributed by atoms with Crippen LogP contribution in [0.4, 0.5) is 4.79 Å². The summed E-state index contributed by atoms with van der Waals surface area (Å²) in [5.41, 5.74) is -0.727. The van der Waals surface area contributed by atoms with E-state index in [0.29, 0.717) is 26.2 Å². The minimum Gasteiger partial charge on any atom is -0.445 e. The van der Waals surface area contributed by atoms with Gasteiger partial charge in [-0.2, -0.15) is 0 Å². The SMILES string of the molecule is CCN(CC)C(=O)OC(C)C(C)(C)C(=O)N(CC)CC. The first-order valence-electron chi connectivity index (χ1n) is 7.50. The van der Waals surface area contributed by atoms with E-state index < -0.39 is 11.5 Å². The molecule has 0 N–H and O–H groups in total. The van der Waals surface area contributed by atoms with Crippen molar-refractivity contribution in [1.29, 1.82) is 0 Å². The van der Waals surface area contributed by atoms with Crippen LogP contribution in [0.15, 0.2) is 0 Å². The third-order valence-corrected chi connectivity index (χ3v) is 3.92. The van der Waals surface area contributed by atoms with E-state index in [2.05, 4.69) is 0 Å². The van der Waals surface area contributed by atoms with Crippen LogP contribution in [0.2, 0.25) is 0 Å². The van der Waals surface area contributed by atoms with Crippen LogP contribution >= 0.6 is 0 Å². The molecule has 0 aromatic rings. The Morgan fingerprint density at radius 1 is 0.950 bits per heavy atom. The predicted octanol–water partition coefficient (Wildman–Crippen LogP) is 2.75. The molecular weight excluding hydrogens is 256 g/mol. The van der Waals surface area contributed by atoms with Crippen LogP contribution in [0.3, 0.4) is 0 Å². The highest BCUT2D eigenvalue weighted by Crippen LogP contribution is 2.26. The summed E-state index contributed by atoms with van der Waals surface area (Å²) in [4.78, 5) is 27.8. The number of nitrogens with zero attached hydrogens (tertiary/aromatic N) is 2. The van der Waals surface area contributed by atoms with Crippen molar-refractivity contribution in [2.45, 2.75) is 54.6 Å². The molecule has 20 heavy (non-hydrogen) atoms. The van der Waals surface area contributed by atoms with Crippen LogP contribution in [-0.2, 0) is 9.53 Å². The molecule has 0 fully saturated rings. The molecule has 118 valence electrons. The van der Waals surface area contributed by atoms with Crippen molar-refractivity contribution < 1.29 is 14.3 Å². The summed E-state index contributed by atoms with van der Waals surface area (Å²) in [5, 5.41) is 0. The maximum absolute atomic E-state index is 12.5. The molecule has 0 aromatic carbocycles. The largest absolute Gasteiger partial charge is 0.445 e. The molecule has 5 heteroatoms. The Morgan fingerprint density at radius 2 is 1.35 bits per heavy atom. The lowest BCUT2D eigenvalue weighted by atomic mass is 9.85. The fourth-order valence-corrected chi connectivity index (χ4v) is 1.95. The van der Waals surface area contributed by atoms with Crippen LogP contribution in [-0.4, -0.2) is 54.1 Å². The maximum Gasteiger partial charge on any atom is 0.410 e. The van der Waals surface area contributed by atoms with E-state index in [4.69, 9.17) is 4.74 Å². The van der Waals surface area contributed by atoms with Gasteiger partial charge in [-0.3, -0.25) is 4.79 Å². The van der Waals surface area contributed by atoms with E-state index in [-0.39, 0.29) is 12.0 Å². The Balaban J connectivity index is 4.85. The summed E-state index contributed by atoms with van der Waals surface area (Å²) >= 11 is 0. The second kappa shape index (κ2) is 8.12. The predicted molar refractivity (Wildman–Crippen MR) is 80.6 cm³/mol. The van der Waals surface area contributed by atoms with E-state index in [1.807, 2.05) is 41.5 Å². The maximum atomic E-state index is 12.5. The molecule has 0 aromatic heterocycles. The highest BCUT2D eigenvalue weighted by Gasteiger charge is 2.39. The second-order valence-corrected chi connectivity index (χ2v) is 5.40. The Kier molecular flexibility index (Phi) is 7.61. The first-order chi connectivity index (χ1) is 9.25. The molecule has 5 nitrogen and oxygen atoms in total. The van der Waals surface area contributed by atoms with Crippen LogP contribution in [0, 0.1) is 5.41 Å². The van der Waals surface area contributed by atoms with Gasteiger partial charge in [0.2, 0.25) is 5.91 Å². The average Bonchev–Trinajstić information content (AvgIpc) is 2.41. The van der Waals surface area contributed by atoms with Crippen molar-refractivity contribution in [3.8, 4) is 0 Å². The molecular formula is C15H30N2O3. The lowest BCUT2D eigenvalue weighted by molar-refractivity contribution is -0.145. The first-order valence-corrected chi connectivity index (χ1v) is 7.50. The van der Waals surface area contributed by atoms with Crippen molar-refractivity contribution in [1.82, 2.24) is 9.80 Å². The van der Waals surface area contributed by atoms with Crippen LogP contribution in [0.25, 0.3) is 0 Å². The van der Waals surface area contributed by atoms with Crippen molar-refractivity contribution >= 4 is 12.0 Å². The normalized spacial score (nSPS) is 12.8. The average molecular weight is 286 g/mol. The lowest BCUT2D eigenvalue weighted by Gasteiger charge is -2.35. The molecule has 0 saturated carbocycles. The molecule has 0 spiro atoms. The van der Waals surface area contributed by atoms with Gasteiger partial charge in [-0.05, 0) is 48.5 Å². The molecule has 0 heterocycles. The number of ether oxygens (including phenoxy) is 1. The summed E-state index contributed by atoms with van der Waals surface area (Å²) in [6.45, 7) is 15.7. The Bertz CT molecular complexity index is 321. The fraction of sp³-hybridized carbons (Fsp3) is 0.867. The van der Waals surface area contributed by atoms with Crippen LogP contribution in [0.5, 0.6) is 0 Å². The van der Waals surface area contributed by atoms with Gasteiger partial charge in [0.1, 0.15) is 6.10 Å². The van der Waals surface area contributed by atoms with Gasteiger partial charge in [-0.15, -0.1) is 0 Å². The fourth-order valence-electron chi connectivity index (χ4n) is 1.95. The molecule has 1 atom stereocenters. The zero-order valence-electron chi connectivity index (χ0n) is 14.0. The molecule has 1 unspecified atom stereocenters. The van der Waals surface area contributed by atoms with Crippen LogP contribution < -0.4 is 0 Å². The number of hydrogen-bond donors (Lipinski definition) is 0. The minimum absolute atomic E-state index is 0.0161. The Labute approximate surface area is 123 Å². The number of amides is 2. The summed E-state index contributed by atoms with van der Waals surface area (Å²) in [6.07, 6.45) is -0.827. The molecule has 0 aliphatic heterocycles. The highest BCUT2D eigenvalue weighted by molar-refractivity contribution is 5.83. The number of carbonyl (C=O) groups is 2. The van der Waals surface area contributed by atoms with Crippen LogP contribution in [0.1, 0.15) is 48.5 Å². The summed E-state index contributed by atoms with van der Waals surface area (Å²) < 4.78 is 5.46. The molecule has 0 aliphatic rings. The van der Waals surface area contributed by atoms with Gasteiger partial charge in [0.05, 0.1) is 5.41 Å². The zero-order valence-corrected chi connectivity index (χ0v) is 14.0. The number of carbonyl (C=O) groups excluding carboxylic acids is 2. The van der Waals surface area contributed by atoms with Gasteiger partial charge in [-0.1, -0.05) is 0 Å². The van der Waals surface area contributed by atoms with Gasteiger partial charge in [-0.25, -0.2) is 4.79 Å². The molecule has 2 amide bonds. The highest BCUT2D eigenvalue weighted by atomic mass is 16.6. The quantitative estimate of drug-likeness (QED) is 0.723. The lowest BCUT2D eigenvalue weighted by Crippen LogP contribution is -2.48. The standard InChI is InChI=1S/C15H30N2O3/c1-8-16(9-2)13(18)15(6,7)12(5)20-14(19)17(10-3)11-4/h12H,8-11H2,1-7H3. The van der Waals surface area contributed by atoms with E-state index in [0.717, 1.165) is 0 Å². The summed E-state index contributed by atoms with van der Waals surface area (Å²) in [7, 11) is 0. The zero-order chi connectivity index (χ0) is 15.9. The number of rotatable bonds is 7. The van der Waals surface area contributed by atoms with Gasteiger partial charge in [0, 0.05) is 26.2 Å². The smallest absolute Gasteiger partial charge is 0.410 e. The molecule has 0 aliphatic carbocycles. The number of hydrogen-bond acceptors (Lipinski definition) is 3. The van der Waals surface area contributed by atoms with Gasteiger partial charge < -0.3 is 14.5 Å². The minimum atomic E-state index is -0.727. The molecule has 0 radical (unpaired) electrons. The summed E-state index contributed by atoms with van der Waals surface area (Å²) in [6, 6.07) is 0. The summed E-state index contributed by atoms with van der Waals surface area (Å²) in [5.74, 6) is 0.0161. The third kappa shape index (κ3) is 4.39. The van der Waals surface area contributed by atoms with Crippen molar-refractivity contribution in [3.63, 3.8) is 0 Å². The van der Waals surface area contributed by atoms with Crippen molar-refractivity contribution in [2.24, 2.45) is 5.41 Å². The van der Waals surface area contributed by atoms with E-state index >= 15 is 0 Å². The second-order valence-electron chi connectivity index (χ2n) is 5.40. The Morgan fingerprint density at radius 3 is 1.70 bits per heavy atom. The van der Waals surface area contributed by atoms with Gasteiger partial charge in [0.25, 0.3) is 0 Å².